The summed E-state index contributed by atoms with van der Waals surface area (Å²) in [6.07, 6.45) is 5.86. The fraction of sp³-hybridized carbons (Fsp3) is 0.679. The van der Waals surface area contributed by atoms with Crippen molar-refractivity contribution in [3.8, 4) is 0 Å². The van der Waals surface area contributed by atoms with Gasteiger partial charge in [0.1, 0.15) is 5.82 Å². The minimum Gasteiger partial charge on any atom is -0.353 e. The second-order valence-corrected chi connectivity index (χ2v) is 11.7. The van der Waals surface area contributed by atoms with Gasteiger partial charge >= 0.3 is 0 Å². The second-order valence-electron chi connectivity index (χ2n) is 10.9. The van der Waals surface area contributed by atoms with Crippen LogP contribution in [0.5, 0.6) is 0 Å². The monoisotopic (exact) mass is 536 g/mol. The van der Waals surface area contributed by atoms with E-state index < -0.39 is 26.0 Å². The molecule has 194 valence electrons. The summed E-state index contributed by atoms with van der Waals surface area (Å²) >= 11 is 1.02. The molecule has 0 unspecified atom stereocenters. The van der Waals surface area contributed by atoms with Crippen LogP contribution in [-0.2, 0) is 9.59 Å². The molecule has 2 amide bonds. The predicted molar refractivity (Wildman–Crippen MR) is 145 cm³/mol. The summed E-state index contributed by atoms with van der Waals surface area (Å²) in [4.78, 5) is 29.6. The van der Waals surface area contributed by atoms with E-state index in [4.69, 9.17) is 11.0 Å². The SMILES string of the molecule is Cl.[2H]C1([2H])N(C[C@@H]2CCCC[C@H]2CN2C(=O)[C@@H]3[C@H]4CC[C@@H](C4)[C@@H]3C2=O)C([2H])([2H])C([2H])([2H])N(c2nsc3ccccc23)C1([2H])[2H]. The highest BCUT2D eigenvalue weighted by Crippen LogP contribution is 2.56. The van der Waals surface area contributed by atoms with Crippen LogP contribution in [0.1, 0.15) is 55.9 Å². The number of aromatic nitrogens is 1. The van der Waals surface area contributed by atoms with E-state index in [2.05, 4.69) is 4.37 Å². The Morgan fingerprint density at radius 3 is 2.22 bits per heavy atom. The number of hydrogen-bond acceptors (Lipinski definition) is 6. The van der Waals surface area contributed by atoms with Crippen molar-refractivity contribution in [2.45, 2.75) is 44.9 Å². The Kier molecular flexibility index (Phi) is 4.67. The largest absolute Gasteiger partial charge is 0.353 e. The Morgan fingerprint density at radius 2 is 1.53 bits per heavy atom. The van der Waals surface area contributed by atoms with Crippen molar-refractivity contribution >= 4 is 51.7 Å². The van der Waals surface area contributed by atoms with Gasteiger partial charge in [-0.15, -0.1) is 12.4 Å². The zero-order valence-corrected chi connectivity index (χ0v) is 21.7. The zero-order chi connectivity index (χ0) is 30.7. The zero-order valence-electron chi connectivity index (χ0n) is 28.1. The van der Waals surface area contributed by atoms with Crippen LogP contribution in [0.3, 0.4) is 0 Å². The molecule has 2 aromatic rings. The van der Waals surface area contributed by atoms with Crippen molar-refractivity contribution in [1.82, 2.24) is 14.2 Å². The number of amides is 2. The molecule has 3 aliphatic carbocycles. The van der Waals surface area contributed by atoms with Crippen LogP contribution in [0.4, 0.5) is 5.82 Å². The molecular weight excluding hydrogens is 492 g/mol. The summed E-state index contributed by atoms with van der Waals surface area (Å²) in [5.41, 5.74) is 0. The highest BCUT2D eigenvalue weighted by Gasteiger charge is 2.61. The van der Waals surface area contributed by atoms with Crippen LogP contribution in [0.2, 0.25) is 0 Å². The van der Waals surface area contributed by atoms with E-state index in [-0.39, 0.29) is 78.6 Å². The third-order valence-electron chi connectivity index (χ3n) is 9.08. The maximum Gasteiger partial charge on any atom is 0.233 e. The molecule has 2 saturated heterocycles. The van der Waals surface area contributed by atoms with Gasteiger partial charge in [0.15, 0.2) is 0 Å². The Morgan fingerprint density at radius 1 is 0.889 bits per heavy atom. The molecule has 1 aromatic carbocycles. The number of hydrogen-bond donors (Lipinski definition) is 0. The fourth-order valence-corrected chi connectivity index (χ4v) is 8.15. The lowest BCUT2D eigenvalue weighted by Gasteiger charge is -2.40. The molecule has 6 atom stereocenters. The molecule has 5 aliphatic rings. The number of nitrogens with zero attached hydrogens (tertiary/aromatic N) is 4. The number of carbonyl (C=O) groups excluding carboxylic acids is 2. The van der Waals surface area contributed by atoms with E-state index in [1.54, 1.807) is 24.3 Å². The number of benzene rings is 1. The van der Waals surface area contributed by atoms with Crippen LogP contribution < -0.4 is 4.90 Å². The maximum absolute atomic E-state index is 13.4. The molecule has 2 bridgehead atoms. The smallest absolute Gasteiger partial charge is 0.233 e. The van der Waals surface area contributed by atoms with Crippen LogP contribution in [0.15, 0.2) is 24.3 Å². The quantitative estimate of drug-likeness (QED) is 0.519. The molecule has 0 N–H and O–H groups in total. The van der Waals surface area contributed by atoms with Crippen molar-refractivity contribution in [2.75, 3.05) is 44.0 Å². The van der Waals surface area contributed by atoms with Crippen molar-refractivity contribution in [1.29, 1.82) is 0 Å². The summed E-state index contributed by atoms with van der Waals surface area (Å²) in [6.45, 7) is -12.0. The van der Waals surface area contributed by atoms with Gasteiger partial charge in [-0.25, -0.2) is 0 Å². The number of anilines is 1. The molecule has 5 fully saturated rings. The summed E-state index contributed by atoms with van der Waals surface area (Å²) in [6, 6.07) is 6.86. The van der Waals surface area contributed by atoms with Crippen LogP contribution in [-0.4, -0.2) is 65.1 Å². The highest BCUT2D eigenvalue weighted by molar-refractivity contribution is 7.13. The lowest BCUT2D eigenvalue weighted by atomic mass is 9.78. The first-order valence-electron chi connectivity index (χ1n) is 17.0. The molecule has 2 aliphatic heterocycles. The number of piperazine rings is 1. The van der Waals surface area contributed by atoms with Gasteiger partial charge in [-0.3, -0.25) is 19.4 Å². The molecule has 0 spiro atoms. The third-order valence-corrected chi connectivity index (χ3v) is 9.90. The van der Waals surface area contributed by atoms with Gasteiger partial charge < -0.3 is 4.90 Å². The molecular formula is C28H37ClN4O2S. The molecule has 7 rings (SSSR count). The van der Waals surface area contributed by atoms with E-state index in [0.29, 0.717) is 27.8 Å². The second kappa shape index (κ2) is 9.88. The van der Waals surface area contributed by atoms with E-state index in [0.717, 1.165) is 48.5 Å². The molecule has 8 heteroatoms. The first-order valence-corrected chi connectivity index (χ1v) is 13.7. The molecule has 0 radical (unpaired) electrons. The summed E-state index contributed by atoms with van der Waals surface area (Å²) in [5, 5.41) is 0.422. The average molecular weight is 537 g/mol. The van der Waals surface area contributed by atoms with Crippen LogP contribution >= 0.6 is 23.9 Å². The molecule has 36 heavy (non-hydrogen) atoms. The number of imide groups is 1. The first kappa shape index (κ1) is 17.0. The van der Waals surface area contributed by atoms with Crippen molar-refractivity contribution < 1.29 is 20.6 Å². The Balaban J connectivity index is 0.00000343. The van der Waals surface area contributed by atoms with Gasteiger partial charge in [0.25, 0.3) is 0 Å². The van der Waals surface area contributed by atoms with Gasteiger partial charge in [0.05, 0.1) is 22.0 Å². The predicted octanol–water partition coefficient (Wildman–Crippen LogP) is 4.68. The van der Waals surface area contributed by atoms with Crippen molar-refractivity contribution in [2.24, 2.45) is 35.5 Å². The van der Waals surface area contributed by atoms with Crippen molar-refractivity contribution in [3.63, 3.8) is 0 Å². The Bertz CT molecular complexity index is 1420. The lowest BCUT2D eigenvalue weighted by molar-refractivity contribution is -0.142. The van der Waals surface area contributed by atoms with E-state index in [1.165, 1.54) is 4.90 Å². The molecule has 3 saturated carbocycles. The molecule has 1 aromatic heterocycles. The van der Waals surface area contributed by atoms with Crippen LogP contribution in [0, 0.1) is 35.5 Å². The summed E-state index contributed by atoms with van der Waals surface area (Å²) in [7, 11) is 0. The first-order chi connectivity index (χ1) is 20.2. The van der Waals surface area contributed by atoms with Gasteiger partial charge in [-0.2, -0.15) is 4.37 Å². The normalized spacial score (nSPS) is 43.3. The van der Waals surface area contributed by atoms with Gasteiger partial charge in [0, 0.05) is 49.9 Å². The van der Waals surface area contributed by atoms with Gasteiger partial charge in [0.2, 0.25) is 11.8 Å². The summed E-state index contributed by atoms with van der Waals surface area (Å²) in [5.74, 6) is -0.817. The Labute approximate surface area is 235 Å². The minimum atomic E-state index is -3.00. The van der Waals surface area contributed by atoms with E-state index >= 15 is 0 Å². The molecule has 6 nitrogen and oxygen atoms in total. The highest BCUT2D eigenvalue weighted by atomic mass is 35.5. The maximum atomic E-state index is 13.4. The van der Waals surface area contributed by atoms with Gasteiger partial charge in [-0.1, -0.05) is 25.0 Å². The fourth-order valence-electron chi connectivity index (χ4n) is 7.39. The number of carbonyl (C=O) groups is 2. The van der Waals surface area contributed by atoms with E-state index in [1.807, 2.05) is 0 Å². The Hall–Kier alpha value is -1.70. The van der Waals surface area contributed by atoms with Crippen LogP contribution in [0.25, 0.3) is 10.1 Å². The molecule has 3 heterocycles. The standard InChI is InChI=1S/C28H36N4O2S.ClH/c33-27-24-18-9-10-19(15-18)25(24)28(34)32(27)17-21-6-2-1-5-20(21)16-30-11-13-31(14-12-30)26-22-7-3-4-8-23(22)35-29-26;/h3-4,7-8,18-21,24-25H,1-2,5-6,9-17H2;1H/t18-,19-,20-,21-,24-,25+;/m0./s1/i11D2,12D2,13D2,14D2;. The van der Waals surface area contributed by atoms with E-state index in [9.17, 15) is 9.59 Å². The van der Waals surface area contributed by atoms with Gasteiger partial charge in [-0.05, 0) is 79.4 Å². The lowest BCUT2D eigenvalue weighted by Crippen LogP contribution is -2.49. The number of likely N-dealkylation sites (tertiary alicyclic amines) is 1. The topological polar surface area (TPSA) is 56.8 Å². The number of halogens is 1. The number of rotatable bonds is 5. The third kappa shape index (κ3) is 4.06. The number of fused-ring (bicyclic) bond motifs is 6. The average Bonchev–Trinajstić information content (AvgIpc) is 3.72. The van der Waals surface area contributed by atoms with Crippen molar-refractivity contribution in [3.05, 3.63) is 24.3 Å². The summed E-state index contributed by atoms with van der Waals surface area (Å²) < 4.78 is 76.7. The minimum absolute atomic E-state index is 0.